The molecule has 3 aromatic heterocycles. The summed E-state index contributed by atoms with van der Waals surface area (Å²) in [6, 6.07) is 8.01. The number of aliphatic hydroxyl groups is 1. The molecular weight excluding hydrogens is 911 g/mol. The van der Waals surface area contributed by atoms with E-state index in [1.165, 1.54) is 0 Å². The Morgan fingerprint density at radius 3 is 1.79 bits per heavy atom. The summed E-state index contributed by atoms with van der Waals surface area (Å²) in [6.07, 6.45) is 5.85. The van der Waals surface area contributed by atoms with Crippen LogP contribution in [0, 0.1) is 24.7 Å². The molecule has 0 fully saturated rings. The first-order valence-corrected chi connectivity index (χ1v) is 24.8. The topological polar surface area (TPSA) is 261 Å². The summed E-state index contributed by atoms with van der Waals surface area (Å²) in [7, 11) is 0. The van der Waals surface area contributed by atoms with Crippen molar-refractivity contribution in [1.82, 2.24) is 46.7 Å². The normalized spacial score (nSPS) is 14.1. The van der Waals surface area contributed by atoms with Crippen LogP contribution in [0.2, 0.25) is 0 Å². The van der Waals surface area contributed by atoms with Gasteiger partial charge in [-0.25, -0.2) is 21.2 Å². The van der Waals surface area contributed by atoms with E-state index in [4.69, 9.17) is 15.8 Å². The third-order valence-electron chi connectivity index (χ3n) is 13.8. The van der Waals surface area contributed by atoms with E-state index in [-0.39, 0.29) is 55.3 Å². The monoisotopic (exact) mass is 986 g/mol. The Labute approximate surface area is 423 Å². The number of aryl methyl sites for hydroxylation is 2. The number of carbonyl (C=O) groups excluding carboxylic acids is 5. The summed E-state index contributed by atoms with van der Waals surface area (Å²) >= 11 is 0. The van der Waals surface area contributed by atoms with Crippen LogP contribution in [0.3, 0.4) is 0 Å². The molecule has 5 rings (SSSR count). The molecule has 2 atom stereocenters. The number of aliphatic hydroxyl groups excluding tert-OH is 1. The lowest BCUT2D eigenvalue weighted by molar-refractivity contribution is -0.137. The van der Waals surface area contributed by atoms with Crippen LogP contribution in [0.5, 0.6) is 0 Å². The van der Waals surface area contributed by atoms with E-state index >= 15 is 0 Å². The van der Waals surface area contributed by atoms with E-state index in [0.717, 1.165) is 78.0 Å². The second-order valence-electron chi connectivity index (χ2n) is 19.9. The number of amides is 5. The van der Waals surface area contributed by atoms with Crippen LogP contribution >= 0.6 is 0 Å². The first-order chi connectivity index (χ1) is 34.1. The highest BCUT2D eigenvalue weighted by Crippen LogP contribution is 2.39. The fourth-order valence-electron chi connectivity index (χ4n) is 9.14. The number of hydrazone groups is 1. The van der Waals surface area contributed by atoms with Crippen molar-refractivity contribution in [3.05, 3.63) is 82.5 Å². The highest BCUT2D eigenvalue weighted by atomic mass is 16.3. The number of nitrogens with one attached hydrogen (secondary N) is 7. The number of fused-ring (bicyclic) bond motifs is 8. The highest BCUT2D eigenvalue weighted by molar-refractivity contribution is 5.98. The second-order valence-corrected chi connectivity index (χ2v) is 19.9. The molecule has 2 aliphatic heterocycles. The molecule has 10 N–H and O–H groups in total. The summed E-state index contributed by atoms with van der Waals surface area (Å²) in [6.45, 7) is 27.8. The fourth-order valence-corrected chi connectivity index (χ4v) is 9.14. The number of aromatic nitrogens is 4. The van der Waals surface area contributed by atoms with Gasteiger partial charge in [0.05, 0.1) is 28.9 Å². The lowest BCUT2D eigenvalue weighted by Crippen LogP contribution is -2.47. The zero-order valence-corrected chi connectivity index (χ0v) is 43.8. The molecule has 5 amide bonds. The molecule has 0 saturated carbocycles. The first kappa shape index (κ1) is 55.9. The smallest absolute Gasteiger partial charge is 0.240 e. The van der Waals surface area contributed by atoms with E-state index in [0.29, 0.717) is 68.7 Å². The van der Waals surface area contributed by atoms with Gasteiger partial charge in [0.1, 0.15) is 0 Å². The van der Waals surface area contributed by atoms with Crippen molar-refractivity contribution in [1.29, 1.82) is 0 Å². The Kier molecular flexibility index (Phi) is 19.0. The van der Waals surface area contributed by atoms with E-state index in [1.54, 1.807) is 13.8 Å². The van der Waals surface area contributed by atoms with Gasteiger partial charge >= 0.3 is 0 Å². The molecule has 3 aromatic rings. The Hall–Kier alpha value is -6.98. The lowest BCUT2D eigenvalue weighted by atomic mass is 9.71. The van der Waals surface area contributed by atoms with Crippen molar-refractivity contribution >= 4 is 91.8 Å². The van der Waals surface area contributed by atoms with E-state index < -0.39 is 16.9 Å². The molecule has 17 heteroatoms. The SMILES string of the molecule is C=Cc1c(C)c2cc3[nH]c(cc4nc(cc5nc(cc1[nH]2)C(C)=C5CCC(=O)NN)C(CCC(=O)NN=C(C)CCC(=O)NCCCNC(=O)C(C)(C)CC(C)(CC)C(=O)NCC(C)O)=C4C)c(C)c3C=C. The molecule has 0 aliphatic carbocycles. The van der Waals surface area contributed by atoms with E-state index in [2.05, 4.69) is 68.0 Å². The van der Waals surface area contributed by atoms with Crippen LogP contribution in [-0.2, 0) is 24.0 Å². The Bertz CT molecular complexity index is 2880. The van der Waals surface area contributed by atoms with Gasteiger partial charge in [-0.1, -0.05) is 53.0 Å². The molecule has 5 heterocycles. The molecule has 386 valence electrons. The molecule has 0 aromatic carbocycles. The highest BCUT2D eigenvalue weighted by Gasteiger charge is 2.41. The van der Waals surface area contributed by atoms with Gasteiger partial charge in [0.2, 0.25) is 29.5 Å². The molecule has 8 bridgehead atoms. The van der Waals surface area contributed by atoms with Gasteiger partial charge in [0.25, 0.3) is 0 Å². The van der Waals surface area contributed by atoms with Gasteiger partial charge < -0.3 is 31.0 Å². The van der Waals surface area contributed by atoms with Crippen molar-refractivity contribution in [2.24, 2.45) is 21.8 Å². The average molecular weight is 986 g/mol. The van der Waals surface area contributed by atoms with Gasteiger partial charge in [-0.3, -0.25) is 29.4 Å². The summed E-state index contributed by atoms with van der Waals surface area (Å²) in [5, 5.41) is 22.5. The summed E-state index contributed by atoms with van der Waals surface area (Å²) < 4.78 is 0. The average Bonchev–Trinajstić information content (AvgIpc) is 4.01. The zero-order valence-electron chi connectivity index (χ0n) is 43.8. The van der Waals surface area contributed by atoms with Crippen molar-refractivity contribution < 1.29 is 29.1 Å². The van der Waals surface area contributed by atoms with Gasteiger partial charge in [0.15, 0.2) is 0 Å². The quantitative estimate of drug-likeness (QED) is 0.0147. The van der Waals surface area contributed by atoms with Crippen LogP contribution in [0.25, 0.3) is 56.5 Å². The lowest BCUT2D eigenvalue weighted by Gasteiger charge is -2.35. The maximum Gasteiger partial charge on any atom is 0.240 e. The number of hydrazine groups is 1. The maximum absolute atomic E-state index is 13.4. The minimum atomic E-state index is -0.827. The molecule has 0 radical (unpaired) electrons. The van der Waals surface area contributed by atoms with Crippen molar-refractivity contribution in [3.63, 3.8) is 0 Å². The summed E-state index contributed by atoms with van der Waals surface area (Å²) in [5.74, 6) is 4.30. The van der Waals surface area contributed by atoms with E-state index in [9.17, 15) is 29.1 Å². The van der Waals surface area contributed by atoms with Crippen LogP contribution in [0.1, 0.15) is 158 Å². The number of aromatic amines is 2. The number of nitrogens with two attached hydrogens (primary N) is 1. The van der Waals surface area contributed by atoms with Gasteiger partial charge in [-0.15, -0.1) is 0 Å². The number of nitrogens with zero attached hydrogens (tertiary/aromatic N) is 3. The Balaban J connectivity index is 1.26. The molecule has 0 saturated heterocycles. The fraction of sp³-hybridized carbons (Fsp3) is 0.455. The molecule has 72 heavy (non-hydrogen) atoms. The van der Waals surface area contributed by atoms with Crippen LogP contribution < -0.4 is 32.6 Å². The number of carbonyl (C=O) groups is 5. The number of hydrogen-bond donors (Lipinski definition) is 9. The Morgan fingerprint density at radius 1 is 0.722 bits per heavy atom. The number of hydrogen-bond acceptors (Lipinski definition) is 10. The van der Waals surface area contributed by atoms with Gasteiger partial charge in [-0.05, 0) is 138 Å². The molecule has 2 aliphatic rings. The number of rotatable bonds is 23. The summed E-state index contributed by atoms with van der Waals surface area (Å²) in [4.78, 5) is 81.9. The minimum Gasteiger partial charge on any atom is -0.392 e. The molecule has 2 unspecified atom stereocenters. The minimum absolute atomic E-state index is 0.102. The second kappa shape index (κ2) is 24.4. The number of H-pyrrole nitrogens is 2. The van der Waals surface area contributed by atoms with Crippen molar-refractivity contribution in [3.8, 4) is 0 Å². The third-order valence-corrected chi connectivity index (χ3v) is 13.8. The Morgan fingerprint density at radius 2 is 1.25 bits per heavy atom. The predicted octanol–water partition coefficient (Wildman–Crippen LogP) is 7.85. The largest absolute Gasteiger partial charge is 0.392 e. The van der Waals surface area contributed by atoms with Crippen LogP contribution in [0.4, 0.5) is 0 Å². The van der Waals surface area contributed by atoms with E-state index in [1.807, 2.05) is 78.8 Å². The molecular formula is C55H75N11O6. The van der Waals surface area contributed by atoms with Crippen molar-refractivity contribution in [2.45, 2.75) is 133 Å². The molecule has 17 nitrogen and oxygen atoms in total. The van der Waals surface area contributed by atoms with Gasteiger partial charge in [0, 0.05) is 88.6 Å². The number of allylic oxidation sites excluding steroid dienone is 4. The van der Waals surface area contributed by atoms with Gasteiger partial charge in [-0.2, -0.15) is 5.10 Å². The third kappa shape index (κ3) is 13.7. The molecule has 0 spiro atoms. The predicted molar refractivity (Wildman–Crippen MR) is 289 cm³/mol. The van der Waals surface area contributed by atoms with Crippen molar-refractivity contribution in [2.75, 3.05) is 19.6 Å². The van der Waals surface area contributed by atoms with Crippen LogP contribution in [0.15, 0.2) is 42.5 Å². The van der Waals surface area contributed by atoms with Crippen LogP contribution in [-0.4, -0.2) is 86.0 Å². The standard InChI is InChI=1S/C55H75N11O6/c1-13-37-33(6)41-25-42-35(8)40(48(62-42)28-47-39(18-21-50(69)64-56)36(9)44(63-47)27-46-38(14-2)34(7)43(61-46)26-45(37)60-41)19-22-51(70)66-65-31(4)17-20-49(68)57-23-16-24-58-52(71)54(10,11)30-55(12,15-3)53(72)59-29-32(5)67/h13-14,25-28,32,60-61,67H,1-2,15-24,29-30,56H2,3-12H3,(H,57,68)(H,58,71)(H,59,72)(H,64,69)(H,66,70). The summed E-state index contributed by atoms with van der Waals surface area (Å²) in [5.41, 5.74) is 17.6. The maximum atomic E-state index is 13.4. The zero-order chi connectivity index (χ0) is 53.1. The first-order valence-electron chi connectivity index (χ1n) is 24.8.